The number of nitrogens with zero attached hydrogens (tertiary/aromatic N) is 5. The van der Waals surface area contributed by atoms with E-state index in [1.54, 1.807) is 17.6 Å². The molecule has 0 atom stereocenters. The van der Waals surface area contributed by atoms with Crippen molar-refractivity contribution >= 4 is 22.3 Å². The highest BCUT2D eigenvalue weighted by molar-refractivity contribution is 5.96. The van der Waals surface area contributed by atoms with E-state index in [4.69, 9.17) is 15.1 Å². The zero-order valence-electron chi connectivity index (χ0n) is 15.9. The molecule has 0 amide bonds. The summed E-state index contributed by atoms with van der Waals surface area (Å²) in [5, 5.41) is 27.8. The fourth-order valence-corrected chi connectivity index (χ4v) is 3.00. The van der Waals surface area contributed by atoms with Crippen molar-refractivity contribution in [1.82, 2.24) is 19.6 Å². The molecule has 0 fully saturated rings. The van der Waals surface area contributed by atoms with Crippen molar-refractivity contribution in [3.05, 3.63) is 71.8 Å². The van der Waals surface area contributed by atoms with Crippen LogP contribution < -0.4 is 0 Å². The van der Waals surface area contributed by atoms with Gasteiger partial charge in [0.1, 0.15) is 11.4 Å². The van der Waals surface area contributed by atoms with E-state index in [0.29, 0.717) is 17.8 Å². The molecule has 0 bridgehead atoms. The molecule has 148 valence electrons. The van der Waals surface area contributed by atoms with Crippen LogP contribution in [0.2, 0.25) is 0 Å². The molecule has 0 saturated heterocycles. The average Bonchev–Trinajstić information content (AvgIpc) is 3.16. The van der Waals surface area contributed by atoms with Gasteiger partial charge in [0.15, 0.2) is 11.8 Å². The third-order valence-electron chi connectivity index (χ3n) is 4.60. The maximum absolute atomic E-state index is 9.08. The van der Waals surface area contributed by atoms with Crippen LogP contribution in [-0.4, -0.2) is 54.8 Å². The largest absolute Gasteiger partial charge is 0.392 e. The molecule has 0 saturated carbocycles. The Kier molecular flexibility index (Phi) is 5.46. The molecule has 29 heavy (non-hydrogen) atoms. The fraction of sp³-hybridized carbons (Fsp3) is 0.238. The van der Waals surface area contributed by atoms with Crippen LogP contribution in [0.1, 0.15) is 23.9 Å². The van der Waals surface area contributed by atoms with Crippen LogP contribution in [0.4, 0.5) is 0 Å². The Labute approximate surface area is 167 Å². The summed E-state index contributed by atoms with van der Waals surface area (Å²) in [5.74, 6) is 0. The second kappa shape index (κ2) is 8.34. The summed E-state index contributed by atoms with van der Waals surface area (Å²) in [6, 6.07) is 13.8. The summed E-state index contributed by atoms with van der Waals surface area (Å²) < 4.78 is 1.79. The number of aliphatic hydroxyl groups is 2. The zero-order valence-corrected chi connectivity index (χ0v) is 15.9. The molecule has 0 spiro atoms. The maximum Gasteiger partial charge on any atom is 0.173 e. The van der Waals surface area contributed by atoms with E-state index < -0.39 is 6.10 Å². The lowest BCUT2D eigenvalue weighted by Crippen LogP contribution is -2.20. The highest BCUT2D eigenvalue weighted by atomic mass is 16.6. The molecule has 8 heteroatoms. The van der Waals surface area contributed by atoms with E-state index >= 15 is 0 Å². The predicted octanol–water partition coefficient (Wildman–Crippen LogP) is 1.96. The first kappa shape index (κ1) is 19.0. The first-order valence-electron chi connectivity index (χ1n) is 9.28. The molecule has 0 aliphatic carbocycles. The number of pyridine rings is 1. The second-order valence-electron chi connectivity index (χ2n) is 6.71. The molecule has 0 radical (unpaired) electrons. The van der Waals surface area contributed by atoms with Gasteiger partial charge in [0.25, 0.3) is 0 Å². The van der Waals surface area contributed by atoms with Gasteiger partial charge in [0.2, 0.25) is 0 Å². The van der Waals surface area contributed by atoms with Gasteiger partial charge in [-0.1, -0.05) is 17.3 Å². The Morgan fingerprint density at radius 3 is 2.83 bits per heavy atom. The van der Waals surface area contributed by atoms with Crippen molar-refractivity contribution in [2.45, 2.75) is 19.4 Å². The molecule has 0 unspecified atom stereocenters. The van der Waals surface area contributed by atoms with Crippen molar-refractivity contribution in [3.63, 3.8) is 0 Å². The van der Waals surface area contributed by atoms with E-state index in [0.717, 1.165) is 27.8 Å². The van der Waals surface area contributed by atoms with Crippen LogP contribution >= 0.6 is 0 Å². The van der Waals surface area contributed by atoms with Gasteiger partial charge in [0.05, 0.1) is 30.6 Å². The Morgan fingerprint density at radius 1 is 1.14 bits per heavy atom. The summed E-state index contributed by atoms with van der Waals surface area (Å²) in [5.41, 5.74) is 4.95. The standard InChI is InChI=1S/C21H21N5O3/c1-14(25-29-18(12-27)13-28)19-6-7-21-23-11-17(26(21)24-19)10-15-4-5-20-16(9-15)3-2-8-22-20/h2-9,11,18,27-28H,10,12-13H2,1H3. The quantitative estimate of drug-likeness (QED) is 0.369. The number of oxime groups is 1. The molecule has 1 aromatic carbocycles. The van der Waals surface area contributed by atoms with E-state index in [1.807, 2.05) is 36.5 Å². The highest BCUT2D eigenvalue weighted by Gasteiger charge is 2.11. The van der Waals surface area contributed by atoms with Crippen LogP contribution in [-0.2, 0) is 11.3 Å². The van der Waals surface area contributed by atoms with Gasteiger partial charge in [-0.3, -0.25) is 4.98 Å². The SMILES string of the molecule is CC(=NOC(CO)CO)c1ccc2ncc(Cc3ccc4ncccc4c3)n2n1. The summed E-state index contributed by atoms with van der Waals surface area (Å²) >= 11 is 0. The van der Waals surface area contributed by atoms with E-state index in [9.17, 15) is 0 Å². The lowest BCUT2D eigenvalue weighted by molar-refractivity contribution is -0.0170. The average molecular weight is 391 g/mol. The minimum absolute atomic E-state index is 0.313. The van der Waals surface area contributed by atoms with Crippen LogP contribution in [0.15, 0.2) is 60.0 Å². The minimum Gasteiger partial charge on any atom is -0.392 e. The number of benzene rings is 1. The molecule has 8 nitrogen and oxygen atoms in total. The van der Waals surface area contributed by atoms with Crippen molar-refractivity contribution in [1.29, 1.82) is 0 Å². The Bertz CT molecular complexity index is 1170. The van der Waals surface area contributed by atoms with Crippen LogP contribution in [0.3, 0.4) is 0 Å². The number of rotatable bonds is 7. The monoisotopic (exact) mass is 391 g/mol. The fourth-order valence-electron chi connectivity index (χ4n) is 3.00. The predicted molar refractivity (Wildman–Crippen MR) is 109 cm³/mol. The van der Waals surface area contributed by atoms with Gasteiger partial charge in [-0.2, -0.15) is 5.10 Å². The maximum atomic E-state index is 9.08. The van der Waals surface area contributed by atoms with Gasteiger partial charge in [-0.15, -0.1) is 0 Å². The number of hydrogen-bond acceptors (Lipinski definition) is 7. The summed E-state index contributed by atoms with van der Waals surface area (Å²) in [6.45, 7) is 1.13. The summed E-state index contributed by atoms with van der Waals surface area (Å²) in [4.78, 5) is 13.9. The van der Waals surface area contributed by atoms with Crippen molar-refractivity contribution in [3.8, 4) is 0 Å². The number of imidazole rings is 1. The van der Waals surface area contributed by atoms with Gasteiger partial charge in [0, 0.05) is 18.0 Å². The third-order valence-corrected chi connectivity index (χ3v) is 4.60. The molecule has 3 aromatic heterocycles. The third kappa shape index (κ3) is 4.08. The van der Waals surface area contributed by atoms with Crippen LogP contribution in [0.25, 0.3) is 16.6 Å². The Morgan fingerprint density at radius 2 is 2.00 bits per heavy atom. The lowest BCUT2D eigenvalue weighted by atomic mass is 10.1. The molecule has 3 heterocycles. The summed E-state index contributed by atoms with van der Waals surface area (Å²) in [6.07, 6.45) is 3.52. The van der Waals surface area contributed by atoms with Crippen LogP contribution in [0, 0.1) is 0 Å². The Hall–Kier alpha value is -3.36. The van der Waals surface area contributed by atoms with E-state index in [-0.39, 0.29) is 13.2 Å². The molecule has 2 N–H and O–H groups in total. The zero-order chi connectivity index (χ0) is 20.2. The molecular formula is C21H21N5O3. The van der Waals surface area contributed by atoms with Crippen molar-refractivity contribution in [2.75, 3.05) is 13.2 Å². The van der Waals surface area contributed by atoms with E-state index in [1.165, 1.54) is 0 Å². The number of hydrogen-bond donors (Lipinski definition) is 2. The smallest absolute Gasteiger partial charge is 0.173 e. The van der Waals surface area contributed by atoms with Crippen molar-refractivity contribution < 1.29 is 15.1 Å². The highest BCUT2D eigenvalue weighted by Crippen LogP contribution is 2.17. The lowest BCUT2D eigenvalue weighted by Gasteiger charge is -2.09. The Balaban J connectivity index is 1.61. The molecule has 4 rings (SSSR count). The van der Waals surface area contributed by atoms with Gasteiger partial charge in [-0.05, 0) is 42.8 Å². The number of fused-ring (bicyclic) bond motifs is 2. The van der Waals surface area contributed by atoms with Gasteiger partial charge < -0.3 is 15.1 Å². The van der Waals surface area contributed by atoms with Crippen LogP contribution in [0.5, 0.6) is 0 Å². The van der Waals surface area contributed by atoms with Gasteiger partial charge in [-0.25, -0.2) is 9.50 Å². The molecule has 0 aliphatic rings. The first-order chi connectivity index (χ1) is 14.2. The normalized spacial score (nSPS) is 12.2. The number of aliphatic hydroxyl groups excluding tert-OH is 2. The summed E-state index contributed by atoms with van der Waals surface area (Å²) in [7, 11) is 0. The second-order valence-corrected chi connectivity index (χ2v) is 6.71. The van der Waals surface area contributed by atoms with Crippen molar-refractivity contribution in [2.24, 2.45) is 5.16 Å². The van der Waals surface area contributed by atoms with E-state index in [2.05, 4.69) is 32.4 Å². The number of aromatic nitrogens is 4. The minimum atomic E-state index is -0.750. The topological polar surface area (TPSA) is 105 Å². The molecular weight excluding hydrogens is 370 g/mol. The molecule has 4 aromatic rings. The van der Waals surface area contributed by atoms with Gasteiger partial charge >= 0.3 is 0 Å². The first-order valence-corrected chi connectivity index (χ1v) is 9.28. The molecule has 0 aliphatic heterocycles.